The van der Waals surface area contributed by atoms with Gasteiger partial charge in [-0.1, -0.05) is 58.9 Å². The minimum Gasteiger partial charge on any atom is -0.341 e. The summed E-state index contributed by atoms with van der Waals surface area (Å²) in [4.78, 5) is 28.2. The van der Waals surface area contributed by atoms with Crippen molar-refractivity contribution in [2.75, 3.05) is 0 Å². The van der Waals surface area contributed by atoms with E-state index in [4.69, 9.17) is 0 Å². The second-order valence-electron chi connectivity index (χ2n) is 7.45. The lowest BCUT2D eigenvalue weighted by Crippen LogP contribution is -2.54. The largest absolute Gasteiger partial charge is 0.374 e. The fourth-order valence-corrected chi connectivity index (χ4v) is 4.32. The van der Waals surface area contributed by atoms with Crippen LogP contribution in [0.2, 0.25) is 0 Å². The molecule has 0 bridgehead atoms. The predicted octanol–water partition coefficient (Wildman–Crippen LogP) is 5.64. The Bertz CT molecular complexity index is 942. The highest BCUT2D eigenvalue weighted by molar-refractivity contribution is 9.11. The molecule has 1 aliphatic carbocycles. The first-order valence-electron chi connectivity index (χ1n) is 9.74. The van der Waals surface area contributed by atoms with E-state index in [2.05, 4.69) is 45.7 Å². The summed E-state index contributed by atoms with van der Waals surface area (Å²) in [6, 6.07) is 10.1. The zero-order valence-corrected chi connectivity index (χ0v) is 18.1. The van der Waals surface area contributed by atoms with Gasteiger partial charge in [-0.25, -0.2) is 9.74 Å². The van der Waals surface area contributed by atoms with E-state index < -0.39 is 5.97 Å². The van der Waals surface area contributed by atoms with Crippen molar-refractivity contribution < 1.29 is 19.1 Å². The fourth-order valence-electron chi connectivity index (χ4n) is 4.09. The number of allylic oxidation sites excluding steroid dienone is 5. The molecular formula is C24H23BrFNO3. The van der Waals surface area contributed by atoms with E-state index in [1.807, 2.05) is 23.1 Å². The second kappa shape index (κ2) is 9.85. The Labute approximate surface area is 184 Å². The molecule has 2 fully saturated rings. The number of halogens is 2. The van der Waals surface area contributed by atoms with Crippen LogP contribution in [0.25, 0.3) is 0 Å². The number of aldehydes is 1. The molecule has 156 valence electrons. The molecule has 1 heterocycles. The molecule has 1 saturated carbocycles. The van der Waals surface area contributed by atoms with Crippen molar-refractivity contribution >= 4 is 28.2 Å². The Morgan fingerprint density at radius 2 is 2.00 bits per heavy atom. The second-order valence-corrected chi connectivity index (χ2v) is 8.47. The number of likely N-dealkylation sites (tertiary alicyclic amines) is 1. The number of rotatable bonds is 6. The van der Waals surface area contributed by atoms with Gasteiger partial charge in [-0.05, 0) is 55.4 Å². The number of hydrogen-bond donors (Lipinski definition) is 0. The Hall–Kier alpha value is -2.73. The standard InChI is InChI=1S/C24H23BrFNO3/c1-18(25)15-21-20(10-9-19-7-3-2-4-8-19)17-24(11-5-12-24)27(13-6-14-28)22(21)16-23(29)30-26/h2-4,6-8,10,13-16H,1,5,9,11-12,17H2/b13-6+,20-10-,21-15+,22-16-. The van der Waals surface area contributed by atoms with Crippen LogP contribution in [0.3, 0.4) is 0 Å². The summed E-state index contributed by atoms with van der Waals surface area (Å²) >= 11 is 3.37. The molecule has 0 amide bonds. The maximum absolute atomic E-state index is 12.6. The predicted molar refractivity (Wildman–Crippen MR) is 118 cm³/mol. The summed E-state index contributed by atoms with van der Waals surface area (Å²) in [7, 11) is 0. The van der Waals surface area contributed by atoms with Crippen LogP contribution in [-0.2, 0) is 21.0 Å². The van der Waals surface area contributed by atoms with Crippen molar-refractivity contribution in [1.29, 1.82) is 0 Å². The first-order valence-corrected chi connectivity index (χ1v) is 10.5. The number of piperidine rings is 1. The number of carbonyl (C=O) groups is 2. The monoisotopic (exact) mass is 471 g/mol. The van der Waals surface area contributed by atoms with Gasteiger partial charge in [0.25, 0.3) is 0 Å². The topological polar surface area (TPSA) is 46.6 Å². The molecule has 4 nitrogen and oxygen atoms in total. The van der Waals surface area contributed by atoms with Crippen LogP contribution >= 0.6 is 15.9 Å². The van der Waals surface area contributed by atoms with Crippen molar-refractivity contribution in [3.05, 3.63) is 94.3 Å². The minimum absolute atomic E-state index is 0.255. The van der Waals surface area contributed by atoms with Gasteiger partial charge in [0.15, 0.2) is 0 Å². The van der Waals surface area contributed by atoms with E-state index >= 15 is 0 Å². The zero-order valence-electron chi connectivity index (χ0n) is 16.5. The molecule has 1 aromatic carbocycles. The number of nitrogens with zero attached hydrogens (tertiary/aromatic N) is 1. The van der Waals surface area contributed by atoms with Crippen LogP contribution in [0.5, 0.6) is 0 Å². The molecule has 0 N–H and O–H groups in total. The lowest BCUT2D eigenvalue weighted by atomic mass is 9.67. The smallest absolute Gasteiger partial charge is 0.341 e. The number of hydrogen-bond acceptors (Lipinski definition) is 4. The summed E-state index contributed by atoms with van der Waals surface area (Å²) in [5, 5.41) is 0. The minimum atomic E-state index is -1.10. The van der Waals surface area contributed by atoms with Crippen LogP contribution in [0.4, 0.5) is 4.53 Å². The van der Waals surface area contributed by atoms with Gasteiger partial charge in [-0.3, -0.25) is 4.79 Å². The third kappa shape index (κ3) is 4.87. The molecular weight excluding hydrogens is 449 g/mol. The van der Waals surface area contributed by atoms with E-state index in [9.17, 15) is 14.1 Å². The van der Waals surface area contributed by atoms with Gasteiger partial charge in [-0.2, -0.15) is 0 Å². The summed E-state index contributed by atoms with van der Waals surface area (Å²) in [5.41, 5.74) is 3.19. The Morgan fingerprint density at radius 1 is 1.27 bits per heavy atom. The first-order chi connectivity index (χ1) is 14.5. The molecule has 2 aliphatic rings. The molecule has 1 aliphatic heterocycles. The molecule has 1 aromatic rings. The molecule has 30 heavy (non-hydrogen) atoms. The molecule has 0 aromatic heterocycles. The molecule has 6 heteroatoms. The summed E-state index contributed by atoms with van der Waals surface area (Å²) in [6.45, 7) is 3.90. The highest BCUT2D eigenvalue weighted by atomic mass is 79.9. The van der Waals surface area contributed by atoms with Crippen LogP contribution in [-0.4, -0.2) is 22.7 Å². The quantitative estimate of drug-likeness (QED) is 0.397. The average molecular weight is 472 g/mol. The van der Waals surface area contributed by atoms with Crippen molar-refractivity contribution in [3.8, 4) is 0 Å². The van der Waals surface area contributed by atoms with Gasteiger partial charge in [0, 0.05) is 26.3 Å². The van der Waals surface area contributed by atoms with Crippen LogP contribution in [0.1, 0.15) is 31.2 Å². The highest BCUT2D eigenvalue weighted by Crippen LogP contribution is 2.51. The van der Waals surface area contributed by atoms with Gasteiger partial charge in [0.1, 0.15) is 6.29 Å². The summed E-state index contributed by atoms with van der Waals surface area (Å²) in [5.74, 6) is -1.10. The lowest BCUT2D eigenvalue weighted by Gasteiger charge is -2.55. The first kappa shape index (κ1) is 22.0. The number of carbonyl (C=O) groups excluding carboxylic acids is 2. The van der Waals surface area contributed by atoms with Crippen molar-refractivity contribution in [2.45, 2.75) is 37.6 Å². The van der Waals surface area contributed by atoms with Crippen LogP contribution in [0, 0.1) is 0 Å². The van der Waals surface area contributed by atoms with Crippen molar-refractivity contribution in [3.63, 3.8) is 0 Å². The Morgan fingerprint density at radius 3 is 2.57 bits per heavy atom. The maximum atomic E-state index is 12.6. The number of benzene rings is 1. The van der Waals surface area contributed by atoms with Gasteiger partial charge in [0.2, 0.25) is 0 Å². The van der Waals surface area contributed by atoms with E-state index in [1.165, 1.54) is 11.6 Å². The van der Waals surface area contributed by atoms with Gasteiger partial charge < -0.3 is 4.90 Å². The van der Waals surface area contributed by atoms with Gasteiger partial charge in [0.05, 0.1) is 11.8 Å². The van der Waals surface area contributed by atoms with Crippen LogP contribution in [0.15, 0.2) is 88.7 Å². The van der Waals surface area contributed by atoms with E-state index in [0.29, 0.717) is 16.5 Å². The Balaban J connectivity index is 2.12. The maximum Gasteiger partial charge on any atom is 0.374 e. The third-order valence-corrected chi connectivity index (χ3v) is 5.80. The van der Waals surface area contributed by atoms with Crippen molar-refractivity contribution in [2.24, 2.45) is 0 Å². The average Bonchev–Trinajstić information content (AvgIpc) is 2.71. The van der Waals surface area contributed by atoms with E-state index in [1.54, 1.807) is 12.3 Å². The zero-order chi connectivity index (χ0) is 21.6. The third-order valence-electron chi connectivity index (χ3n) is 5.57. The molecule has 0 radical (unpaired) electrons. The molecule has 0 atom stereocenters. The molecule has 0 unspecified atom stereocenters. The summed E-state index contributed by atoms with van der Waals surface area (Å²) < 4.78 is 13.2. The lowest BCUT2D eigenvalue weighted by molar-refractivity contribution is -0.176. The van der Waals surface area contributed by atoms with Gasteiger partial charge in [-0.15, -0.1) is 0 Å². The molecule has 3 rings (SSSR count). The van der Waals surface area contributed by atoms with E-state index in [-0.39, 0.29) is 5.54 Å². The molecule has 1 spiro atoms. The van der Waals surface area contributed by atoms with Crippen LogP contribution < -0.4 is 0 Å². The summed E-state index contributed by atoms with van der Waals surface area (Å²) in [6.07, 6.45) is 13.1. The van der Waals surface area contributed by atoms with E-state index in [0.717, 1.165) is 49.3 Å². The normalized spacial score (nSPS) is 21.9. The highest BCUT2D eigenvalue weighted by Gasteiger charge is 2.47. The van der Waals surface area contributed by atoms with Crippen molar-refractivity contribution in [1.82, 2.24) is 4.90 Å². The van der Waals surface area contributed by atoms with Gasteiger partial charge >= 0.3 is 5.97 Å². The Kier molecular flexibility index (Phi) is 7.21. The molecule has 1 saturated heterocycles. The fraction of sp³-hybridized carbons (Fsp3) is 0.250. The SMILES string of the molecule is C=C(Br)/C=C1C(=C/Cc2ccccc2)\CC2(CCC2)N(/C=C/C=O)C\1=C/C(=O)OF.